The number of nitrogens with zero attached hydrogens (tertiary/aromatic N) is 8. The first-order valence-electron chi connectivity index (χ1n) is 20.8. The van der Waals surface area contributed by atoms with Gasteiger partial charge in [-0.2, -0.15) is 5.26 Å². The maximum absolute atomic E-state index is 14.4. The highest BCUT2D eigenvalue weighted by Gasteiger charge is 2.46. The van der Waals surface area contributed by atoms with Crippen molar-refractivity contribution in [2.45, 2.75) is 76.0 Å². The molecule has 24 nitrogen and oxygen atoms in total. The molecular weight excluding hydrogens is 950 g/mol. The lowest BCUT2D eigenvalue weighted by atomic mass is 10.2. The number of esters is 2. The van der Waals surface area contributed by atoms with E-state index in [9.17, 15) is 56.2 Å². The number of ether oxygens (including phenoxy) is 4. The number of aliphatic hydroxyl groups is 1. The van der Waals surface area contributed by atoms with Crippen LogP contribution in [0.3, 0.4) is 0 Å². The minimum absolute atomic E-state index is 0.0194. The van der Waals surface area contributed by atoms with Gasteiger partial charge in [0.05, 0.1) is 45.7 Å². The van der Waals surface area contributed by atoms with Crippen molar-refractivity contribution in [3.8, 4) is 6.07 Å². The highest BCUT2D eigenvalue weighted by Crippen LogP contribution is 2.54. The van der Waals surface area contributed by atoms with Gasteiger partial charge < -0.3 is 46.6 Å². The van der Waals surface area contributed by atoms with E-state index >= 15 is 0 Å². The highest BCUT2D eigenvalue weighted by atomic mass is 31.2. The van der Waals surface area contributed by atoms with Crippen LogP contribution in [0.15, 0.2) is 77.5 Å². The summed E-state index contributed by atoms with van der Waals surface area (Å²) >= 11 is 0. The third kappa shape index (κ3) is 14.4. The van der Waals surface area contributed by atoms with Crippen molar-refractivity contribution in [1.29, 1.82) is 5.26 Å². The Labute approximate surface area is 387 Å². The van der Waals surface area contributed by atoms with Crippen molar-refractivity contribution in [1.82, 2.24) is 33.6 Å². The van der Waals surface area contributed by atoms with Gasteiger partial charge in [-0.15, -0.1) is 0 Å². The second kappa shape index (κ2) is 23.1. The van der Waals surface area contributed by atoms with Crippen molar-refractivity contribution in [3.63, 3.8) is 0 Å². The Morgan fingerprint density at radius 3 is 2.42 bits per heavy atom. The van der Waals surface area contributed by atoms with Crippen LogP contribution in [0.4, 0.5) is 23.1 Å². The van der Waals surface area contributed by atoms with Crippen LogP contribution in [0.2, 0.25) is 0 Å². The van der Waals surface area contributed by atoms with E-state index in [4.69, 9.17) is 32.5 Å². The Balaban J connectivity index is 0.00000149. The van der Waals surface area contributed by atoms with Crippen molar-refractivity contribution >= 4 is 49.9 Å². The van der Waals surface area contributed by atoms with Crippen molar-refractivity contribution in [2.24, 2.45) is 7.05 Å². The van der Waals surface area contributed by atoms with E-state index in [2.05, 4.69) is 25.3 Å². The number of phosphoric acid groups is 1. The van der Waals surface area contributed by atoms with E-state index in [0.717, 1.165) is 4.57 Å². The highest BCUT2D eigenvalue weighted by molar-refractivity contribution is 7.48. The summed E-state index contributed by atoms with van der Waals surface area (Å²) < 4.78 is 99.8. The first-order chi connectivity index (χ1) is 32.8. The Morgan fingerprint density at radius 1 is 1.01 bits per heavy atom. The van der Waals surface area contributed by atoms with Crippen LogP contribution >= 0.6 is 7.82 Å². The summed E-state index contributed by atoms with van der Waals surface area (Å²) in [5.74, 6) is -2.15. The number of amides is 1. The van der Waals surface area contributed by atoms with Crippen LogP contribution in [0.1, 0.15) is 54.1 Å². The Kier molecular flexibility index (Phi) is 17.3. The van der Waals surface area contributed by atoms with Crippen LogP contribution in [0.5, 0.6) is 0 Å². The van der Waals surface area contributed by atoms with E-state index in [1.165, 1.54) is 30.3 Å². The maximum atomic E-state index is 14.4. The van der Waals surface area contributed by atoms with Gasteiger partial charge in [0.25, 0.3) is 11.5 Å². The molecule has 1 aromatic carbocycles. The summed E-state index contributed by atoms with van der Waals surface area (Å²) in [6, 6.07) is 10.4. The molecule has 5 aromatic rings. The minimum atomic E-state index is -6.00. The molecule has 6 heterocycles. The molecule has 2 aliphatic rings. The first-order valence-corrected chi connectivity index (χ1v) is 22.2. The molecule has 2 aliphatic heterocycles. The molecule has 0 spiro atoms. The SMILES string of the molecule is Cc1cn([C@H]2C[C@H](OC(=O)CC(=O)OCCn3cc[n+](C)c3)[C@@H](COP(=O)(OCCC#N)O[C@H]3C[C@H](n4cnc5c(NC(=O)c6ccccc6)ncnc54)O[C@@H]3CO)O2)c(=O)[nH]c1=O.F[B-](F)(F)F. The summed E-state index contributed by atoms with van der Waals surface area (Å²) in [6.45, 7) is 0.137. The second-order valence-electron chi connectivity index (χ2n) is 15.1. The number of carbonyl (C=O) groups excluding carboxylic acids is 3. The van der Waals surface area contributed by atoms with E-state index in [1.807, 2.05) is 13.1 Å². The molecule has 30 heteroatoms. The number of H-pyrrole nitrogens is 1. The van der Waals surface area contributed by atoms with Gasteiger partial charge >= 0.3 is 32.7 Å². The van der Waals surface area contributed by atoms with Crippen LogP contribution in [0, 0.1) is 18.3 Å². The van der Waals surface area contributed by atoms with Crippen LogP contribution in [-0.2, 0) is 60.3 Å². The smallest absolute Gasteiger partial charge is 0.461 e. The molecule has 370 valence electrons. The summed E-state index contributed by atoms with van der Waals surface area (Å²) in [5.41, 5.74) is -0.377. The summed E-state index contributed by atoms with van der Waals surface area (Å²) in [5, 5.41) is 22.3. The number of phosphoric ester groups is 1. The average molecular weight is 995 g/mol. The number of hydrogen-bond acceptors (Lipinski definition) is 18. The van der Waals surface area contributed by atoms with Crippen molar-refractivity contribution in [3.05, 3.63) is 99.9 Å². The summed E-state index contributed by atoms with van der Waals surface area (Å²) in [6.07, 6.45) is 1.29. The lowest BCUT2D eigenvalue weighted by Gasteiger charge is -2.25. The zero-order chi connectivity index (χ0) is 49.9. The van der Waals surface area contributed by atoms with Gasteiger partial charge in [-0.25, -0.2) is 33.4 Å². The van der Waals surface area contributed by atoms with Gasteiger partial charge in [0.2, 0.25) is 6.33 Å². The summed E-state index contributed by atoms with van der Waals surface area (Å²) in [4.78, 5) is 78.5. The zero-order valence-corrected chi connectivity index (χ0v) is 37.4. The number of carbonyl (C=O) groups is 3. The van der Waals surface area contributed by atoms with Crippen LogP contribution < -0.4 is 21.1 Å². The molecule has 1 amide bonds. The first kappa shape index (κ1) is 51.7. The maximum Gasteiger partial charge on any atom is 0.673 e. The normalized spacial score (nSPS) is 20.9. The topological polar surface area (TPSA) is 296 Å². The number of rotatable bonds is 19. The van der Waals surface area contributed by atoms with Gasteiger partial charge in [-0.3, -0.25) is 46.9 Å². The van der Waals surface area contributed by atoms with E-state index in [1.54, 1.807) is 58.2 Å². The molecule has 3 N–H and O–H groups in total. The van der Waals surface area contributed by atoms with Gasteiger partial charge in [0, 0.05) is 30.2 Å². The minimum Gasteiger partial charge on any atom is -0.461 e. The van der Waals surface area contributed by atoms with Gasteiger partial charge in [-0.05, 0) is 19.1 Å². The van der Waals surface area contributed by atoms with E-state index in [-0.39, 0.29) is 48.4 Å². The number of aryl methyl sites for hydroxylation is 2. The molecule has 4 aromatic heterocycles. The average Bonchev–Trinajstić information content (AvgIpc) is 4.10. The lowest BCUT2D eigenvalue weighted by Crippen LogP contribution is -2.33. The van der Waals surface area contributed by atoms with Gasteiger partial charge in [0.1, 0.15) is 75.2 Å². The third-order valence-electron chi connectivity index (χ3n) is 10.1. The molecule has 2 fully saturated rings. The molecule has 0 aliphatic carbocycles. The fourth-order valence-electron chi connectivity index (χ4n) is 6.92. The van der Waals surface area contributed by atoms with Crippen molar-refractivity contribution < 1.29 is 78.4 Å². The number of benzene rings is 1. The number of anilines is 1. The number of hydrogen-bond donors (Lipinski definition) is 3. The number of nitriles is 1. The van der Waals surface area contributed by atoms with Crippen LogP contribution in [0.25, 0.3) is 11.2 Å². The quantitative estimate of drug-likeness (QED) is 0.0204. The molecule has 7 rings (SSSR count). The standard InChI is InChI=1S/C39H43N10O14P.BF4/c1-24-18-48(39(55)45-37(24)53)30-15-26(62-33(52)17-32(51)57-14-12-47-11-10-46(2)23-47)29(61-30)20-59-64(56,58-13-6-9-40)63-27-16-31(60-28(27)19-50)49-22-43-34-35(41-21-42-36(34)49)44-38(54)25-7-4-3-5-8-25;2-1(3,4)5/h3-5,7-8,10-11,18,21-23,26-31,50H,6,12-17,19-20H2,1-2H3,(H-,41,42,44,45,53,54,55);/q;-1/p+1/t26-,27-,28+,29+,30+,31+,64?;/m0./s1. The number of nitrogens with one attached hydrogen (secondary N) is 2. The number of aromatic nitrogens is 8. The van der Waals surface area contributed by atoms with Crippen LogP contribution in [-0.4, -0.2) is 115 Å². The molecule has 0 radical (unpaired) electrons. The van der Waals surface area contributed by atoms with E-state index in [0.29, 0.717) is 12.1 Å². The van der Waals surface area contributed by atoms with Crippen molar-refractivity contribution in [2.75, 3.05) is 31.7 Å². The Hall–Kier alpha value is -6.67. The molecule has 69 heavy (non-hydrogen) atoms. The fraction of sp³-hybridized carbons (Fsp3) is 0.436. The third-order valence-corrected chi connectivity index (χ3v) is 11.6. The van der Waals surface area contributed by atoms with Gasteiger partial charge in [0.15, 0.2) is 17.0 Å². The second-order valence-corrected chi connectivity index (χ2v) is 16.7. The molecular formula is C39H44BF4N10O14P. The number of halogens is 4. The lowest BCUT2D eigenvalue weighted by molar-refractivity contribution is -0.671. The monoisotopic (exact) mass is 994 g/mol. The Bertz CT molecular complexity index is 2800. The van der Waals surface area contributed by atoms with E-state index < -0.39 is 107 Å². The molecule has 7 atom stereocenters. The number of aliphatic hydroxyl groups excluding tert-OH is 1. The number of aromatic amines is 1. The number of fused-ring (bicyclic) bond motifs is 1. The largest absolute Gasteiger partial charge is 0.673 e. The number of imidazole rings is 2. The fourth-order valence-corrected chi connectivity index (χ4v) is 8.32. The molecule has 1 unspecified atom stereocenters. The Morgan fingerprint density at radius 2 is 1.72 bits per heavy atom. The molecule has 0 bridgehead atoms. The zero-order valence-electron chi connectivity index (χ0n) is 36.5. The molecule has 2 saturated heterocycles. The predicted octanol–water partition coefficient (Wildman–Crippen LogP) is 2.42. The summed E-state index contributed by atoms with van der Waals surface area (Å²) in [7, 11) is -8.86. The van der Waals surface area contributed by atoms with Gasteiger partial charge in [-0.1, -0.05) is 18.2 Å². The molecule has 0 saturated carbocycles. The predicted molar refractivity (Wildman–Crippen MR) is 226 cm³/mol.